The van der Waals surface area contributed by atoms with Gasteiger partial charge >= 0.3 is 0 Å². The van der Waals surface area contributed by atoms with E-state index in [1.807, 2.05) is 13.8 Å². The third kappa shape index (κ3) is 3.03. The van der Waals surface area contributed by atoms with E-state index in [0.29, 0.717) is 4.83 Å². The van der Waals surface area contributed by atoms with Crippen molar-refractivity contribution in [1.29, 1.82) is 0 Å². The highest BCUT2D eigenvalue weighted by Gasteiger charge is 2.05. The minimum Gasteiger partial charge on any atom is -0.251 e. The van der Waals surface area contributed by atoms with Crippen LogP contribution in [0.15, 0.2) is 0 Å². The molecular weight excluding hydrogens is 159 g/mol. The van der Waals surface area contributed by atoms with Crippen molar-refractivity contribution >= 4 is 15.9 Å². The molecule has 2 atom stereocenters. The quantitative estimate of drug-likeness (QED) is 0.556. The van der Waals surface area contributed by atoms with Crippen molar-refractivity contribution < 1.29 is 4.39 Å². The van der Waals surface area contributed by atoms with E-state index >= 15 is 0 Å². The van der Waals surface area contributed by atoms with Gasteiger partial charge in [-0.2, -0.15) is 0 Å². The van der Waals surface area contributed by atoms with Crippen LogP contribution in [0.1, 0.15) is 13.8 Å². The number of hydrogen-bond donors (Lipinski definition) is 0. The van der Waals surface area contributed by atoms with Crippen molar-refractivity contribution in [1.82, 2.24) is 0 Å². The average Bonchev–Trinajstić information content (AvgIpc) is 1.65. The Morgan fingerprint density at radius 2 is 2.00 bits per heavy atom. The maximum atomic E-state index is 11.6. The van der Waals surface area contributed by atoms with Gasteiger partial charge < -0.3 is 0 Å². The SMILES string of the molecule is C[C@@H](Br)[C@@H](C)CF. The summed E-state index contributed by atoms with van der Waals surface area (Å²) in [6, 6.07) is 0. The largest absolute Gasteiger partial charge is 0.251 e. The summed E-state index contributed by atoms with van der Waals surface area (Å²) in [7, 11) is 0. The molecule has 0 rings (SSSR count). The van der Waals surface area contributed by atoms with Gasteiger partial charge in [0.2, 0.25) is 0 Å². The normalized spacial score (nSPS) is 18.9. The first kappa shape index (κ1) is 7.41. The molecule has 0 bridgehead atoms. The van der Waals surface area contributed by atoms with Crippen molar-refractivity contribution in [3.05, 3.63) is 0 Å². The molecule has 0 saturated carbocycles. The van der Waals surface area contributed by atoms with E-state index in [1.54, 1.807) is 0 Å². The van der Waals surface area contributed by atoms with Crippen molar-refractivity contribution in [2.75, 3.05) is 6.67 Å². The van der Waals surface area contributed by atoms with E-state index in [0.717, 1.165) is 0 Å². The van der Waals surface area contributed by atoms with Crippen LogP contribution in [-0.2, 0) is 0 Å². The summed E-state index contributed by atoms with van der Waals surface area (Å²) >= 11 is 3.26. The minimum atomic E-state index is -0.230. The molecule has 2 heteroatoms. The topological polar surface area (TPSA) is 0 Å². The summed E-state index contributed by atoms with van der Waals surface area (Å²) in [4.78, 5) is 0.303. The van der Waals surface area contributed by atoms with Crippen LogP contribution in [0.2, 0.25) is 0 Å². The predicted octanol–water partition coefficient (Wildman–Crippen LogP) is 2.38. The third-order valence-electron chi connectivity index (χ3n) is 1.03. The van der Waals surface area contributed by atoms with Gasteiger partial charge in [-0.15, -0.1) is 0 Å². The van der Waals surface area contributed by atoms with Crippen molar-refractivity contribution in [2.45, 2.75) is 18.7 Å². The summed E-state index contributed by atoms with van der Waals surface area (Å²) in [6.45, 7) is 3.59. The summed E-state index contributed by atoms with van der Waals surface area (Å²) in [5.41, 5.74) is 0. The van der Waals surface area contributed by atoms with Gasteiger partial charge in [-0.25, -0.2) is 0 Å². The molecule has 0 heterocycles. The van der Waals surface area contributed by atoms with Gasteiger partial charge in [0, 0.05) is 4.83 Å². The van der Waals surface area contributed by atoms with E-state index in [2.05, 4.69) is 15.9 Å². The summed E-state index contributed by atoms with van der Waals surface area (Å²) < 4.78 is 11.6. The molecule has 7 heavy (non-hydrogen) atoms. The van der Waals surface area contributed by atoms with E-state index in [9.17, 15) is 4.39 Å². The summed E-state index contributed by atoms with van der Waals surface area (Å²) in [5, 5.41) is 0. The zero-order valence-electron chi connectivity index (χ0n) is 4.62. The third-order valence-corrected chi connectivity index (χ3v) is 1.93. The molecule has 0 nitrogen and oxygen atoms in total. The van der Waals surface area contributed by atoms with Crippen molar-refractivity contribution in [3.63, 3.8) is 0 Å². The standard InChI is InChI=1S/C5H10BrF/c1-4(3-7)5(2)6/h4-5H,3H2,1-2H3/t4-,5+/m0/s1. The Balaban J connectivity index is 3.14. The number of alkyl halides is 2. The van der Waals surface area contributed by atoms with E-state index in [1.165, 1.54) is 0 Å². The lowest BCUT2D eigenvalue weighted by Crippen LogP contribution is -2.07. The van der Waals surface area contributed by atoms with Crippen LogP contribution in [-0.4, -0.2) is 11.5 Å². The van der Waals surface area contributed by atoms with Gasteiger partial charge in [0.15, 0.2) is 0 Å². The van der Waals surface area contributed by atoms with E-state index in [-0.39, 0.29) is 12.6 Å². The first-order valence-electron chi connectivity index (χ1n) is 2.38. The van der Waals surface area contributed by atoms with Crippen LogP contribution in [0.5, 0.6) is 0 Å². The zero-order chi connectivity index (χ0) is 5.86. The molecule has 0 spiro atoms. The highest BCUT2D eigenvalue weighted by molar-refractivity contribution is 9.09. The molecule has 0 aliphatic carbocycles. The van der Waals surface area contributed by atoms with Crippen LogP contribution < -0.4 is 0 Å². The summed E-state index contributed by atoms with van der Waals surface area (Å²) in [5.74, 6) is 0.153. The van der Waals surface area contributed by atoms with Crippen LogP contribution in [0.4, 0.5) is 4.39 Å². The van der Waals surface area contributed by atoms with Crippen LogP contribution in [0.3, 0.4) is 0 Å². The molecule has 0 aromatic rings. The van der Waals surface area contributed by atoms with Gasteiger partial charge in [0.25, 0.3) is 0 Å². The minimum absolute atomic E-state index is 0.153. The van der Waals surface area contributed by atoms with Crippen LogP contribution in [0.25, 0.3) is 0 Å². The second-order valence-corrected chi connectivity index (χ2v) is 3.25. The fourth-order valence-corrected chi connectivity index (χ4v) is 0.264. The maximum Gasteiger partial charge on any atom is 0.0930 e. The van der Waals surface area contributed by atoms with E-state index in [4.69, 9.17) is 0 Å². The Morgan fingerprint density at radius 1 is 1.57 bits per heavy atom. The van der Waals surface area contributed by atoms with Gasteiger partial charge in [-0.05, 0) is 5.92 Å². The zero-order valence-corrected chi connectivity index (χ0v) is 6.20. The molecule has 0 aromatic heterocycles. The molecule has 44 valence electrons. The highest BCUT2D eigenvalue weighted by Crippen LogP contribution is 2.10. The number of rotatable bonds is 2. The lowest BCUT2D eigenvalue weighted by Gasteiger charge is -2.06. The van der Waals surface area contributed by atoms with Crippen LogP contribution >= 0.6 is 15.9 Å². The van der Waals surface area contributed by atoms with Crippen molar-refractivity contribution in [3.8, 4) is 0 Å². The fraction of sp³-hybridized carbons (Fsp3) is 1.00. The summed E-state index contributed by atoms with van der Waals surface area (Å²) in [6.07, 6.45) is 0. The Bertz CT molecular complexity index is 45.3. The van der Waals surface area contributed by atoms with Gasteiger partial charge in [0.1, 0.15) is 0 Å². The lowest BCUT2D eigenvalue weighted by atomic mass is 10.1. The molecule has 0 aliphatic rings. The Labute approximate surface area is 52.2 Å². The Hall–Kier alpha value is 0.410. The van der Waals surface area contributed by atoms with Crippen molar-refractivity contribution in [2.24, 2.45) is 5.92 Å². The molecule has 0 fully saturated rings. The molecular formula is C5H10BrF. The predicted molar refractivity (Wildman–Crippen MR) is 33.5 cm³/mol. The molecule has 0 radical (unpaired) electrons. The monoisotopic (exact) mass is 168 g/mol. The van der Waals surface area contributed by atoms with Gasteiger partial charge in [0.05, 0.1) is 6.67 Å². The van der Waals surface area contributed by atoms with Gasteiger partial charge in [-0.3, -0.25) is 4.39 Å². The smallest absolute Gasteiger partial charge is 0.0930 e. The molecule has 0 unspecified atom stereocenters. The lowest BCUT2D eigenvalue weighted by molar-refractivity contribution is 0.384. The maximum absolute atomic E-state index is 11.6. The second-order valence-electron chi connectivity index (χ2n) is 1.81. The molecule has 0 aromatic carbocycles. The van der Waals surface area contributed by atoms with Gasteiger partial charge in [-0.1, -0.05) is 29.8 Å². The second kappa shape index (κ2) is 3.42. The number of hydrogen-bond acceptors (Lipinski definition) is 0. The average molecular weight is 169 g/mol. The number of halogens is 2. The molecule has 0 aliphatic heterocycles. The highest BCUT2D eigenvalue weighted by atomic mass is 79.9. The first-order valence-corrected chi connectivity index (χ1v) is 3.30. The molecule has 0 saturated heterocycles. The van der Waals surface area contributed by atoms with E-state index < -0.39 is 0 Å². The van der Waals surface area contributed by atoms with Crippen LogP contribution in [0, 0.1) is 5.92 Å². The molecule has 0 N–H and O–H groups in total. The molecule has 0 amide bonds. The Kier molecular flexibility index (Phi) is 3.62. The Morgan fingerprint density at radius 3 is 2.00 bits per heavy atom. The fourth-order valence-electron chi connectivity index (χ4n) is 0.123. The first-order chi connectivity index (χ1) is 3.18.